The Hall–Kier alpha value is -2.89. The van der Waals surface area contributed by atoms with Crippen molar-refractivity contribution in [1.29, 1.82) is 0 Å². The van der Waals surface area contributed by atoms with E-state index in [-0.39, 0.29) is 23.2 Å². The average molecular weight is 479 g/mol. The highest BCUT2D eigenvalue weighted by atomic mass is 35.5. The molecule has 1 aromatic carbocycles. The van der Waals surface area contributed by atoms with E-state index in [4.69, 9.17) is 17.3 Å². The molecule has 1 atom stereocenters. The van der Waals surface area contributed by atoms with Gasteiger partial charge in [0.25, 0.3) is 5.56 Å². The fraction of sp³-hybridized carbons (Fsp3) is 0.350. The summed E-state index contributed by atoms with van der Waals surface area (Å²) in [6.07, 6.45) is 0. The van der Waals surface area contributed by atoms with Crippen molar-refractivity contribution in [2.24, 2.45) is 14.1 Å². The number of carbonyl (C=O) groups excluding carboxylic acids is 1. The van der Waals surface area contributed by atoms with Crippen molar-refractivity contribution < 1.29 is 9.69 Å². The number of thioether (sulfide) groups is 1. The Morgan fingerprint density at radius 2 is 1.78 bits per heavy atom. The molecule has 0 spiro atoms. The van der Waals surface area contributed by atoms with Crippen LogP contribution in [0.5, 0.6) is 0 Å². The minimum atomic E-state index is -0.721. The number of nitrogens with zero attached hydrogens (tertiary/aromatic N) is 5. The van der Waals surface area contributed by atoms with Gasteiger partial charge in [0.2, 0.25) is 0 Å². The van der Waals surface area contributed by atoms with Gasteiger partial charge in [-0.1, -0.05) is 23.4 Å². The molecule has 12 heteroatoms. The normalized spacial score (nSPS) is 12.3. The Balaban J connectivity index is 1.99. The molecule has 170 valence electrons. The summed E-state index contributed by atoms with van der Waals surface area (Å²) in [5, 5.41) is 9.73. The lowest BCUT2D eigenvalue weighted by molar-refractivity contribution is -0.890. The summed E-state index contributed by atoms with van der Waals surface area (Å²) >= 11 is 7.18. The molecule has 10 nitrogen and oxygen atoms in total. The minimum absolute atomic E-state index is 0.0230. The van der Waals surface area contributed by atoms with Crippen LogP contribution in [0.15, 0.2) is 39.0 Å². The summed E-state index contributed by atoms with van der Waals surface area (Å²) in [6, 6.07) is 7.25. The van der Waals surface area contributed by atoms with E-state index in [1.54, 1.807) is 12.1 Å². The van der Waals surface area contributed by atoms with Crippen molar-refractivity contribution in [3.05, 3.63) is 61.5 Å². The second-order valence-corrected chi connectivity index (χ2v) is 9.01. The number of halogens is 1. The summed E-state index contributed by atoms with van der Waals surface area (Å²) in [6.45, 7) is 2.03. The van der Waals surface area contributed by atoms with Gasteiger partial charge in [0, 0.05) is 24.8 Å². The fourth-order valence-corrected chi connectivity index (χ4v) is 4.03. The molecular weight excluding hydrogens is 454 g/mol. The van der Waals surface area contributed by atoms with Crippen LogP contribution in [0, 0.1) is 0 Å². The number of ketones is 1. The van der Waals surface area contributed by atoms with Crippen LogP contribution in [0.4, 0.5) is 5.82 Å². The zero-order chi connectivity index (χ0) is 23.7. The summed E-state index contributed by atoms with van der Waals surface area (Å²) in [7, 11) is 6.75. The van der Waals surface area contributed by atoms with Gasteiger partial charge in [0.15, 0.2) is 16.8 Å². The first kappa shape index (κ1) is 23.8. The van der Waals surface area contributed by atoms with Gasteiger partial charge in [0.05, 0.1) is 19.8 Å². The van der Waals surface area contributed by atoms with E-state index in [1.807, 2.05) is 37.7 Å². The van der Waals surface area contributed by atoms with Crippen molar-refractivity contribution in [2.45, 2.75) is 18.1 Å². The zero-order valence-electron chi connectivity index (χ0n) is 18.4. The van der Waals surface area contributed by atoms with E-state index < -0.39 is 17.0 Å². The van der Waals surface area contributed by atoms with Gasteiger partial charge >= 0.3 is 5.69 Å². The SMILES string of the molecule is C[C@H](c1nnc(SCC(=O)c2c(N)n(C)c(=O)n(C)c2=O)n1-c1ccc(Cl)cc1)[NH+](C)C. The molecule has 3 N–H and O–H groups in total. The van der Waals surface area contributed by atoms with Crippen LogP contribution >= 0.6 is 23.4 Å². The molecule has 0 bridgehead atoms. The second kappa shape index (κ2) is 9.31. The van der Waals surface area contributed by atoms with Crippen LogP contribution in [0.2, 0.25) is 5.02 Å². The summed E-state index contributed by atoms with van der Waals surface area (Å²) in [4.78, 5) is 38.6. The average Bonchev–Trinajstić information content (AvgIpc) is 3.18. The summed E-state index contributed by atoms with van der Waals surface area (Å²) in [5.74, 6) is -0.0394. The summed E-state index contributed by atoms with van der Waals surface area (Å²) < 4.78 is 3.81. The van der Waals surface area contributed by atoms with Crippen molar-refractivity contribution in [3.8, 4) is 5.69 Å². The van der Waals surface area contributed by atoms with Crippen LogP contribution < -0.4 is 21.9 Å². The number of anilines is 1. The molecule has 0 aliphatic heterocycles. The van der Waals surface area contributed by atoms with E-state index in [9.17, 15) is 14.4 Å². The number of carbonyl (C=O) groups is 1. The second-order valence-electron chi connectivity index (χ2n) is 7.63. The van der Waals surface area contributed by atoms with Gasteiger partial charge in [-0.05, 0) is 31.2 Å². The zero-order valence-corrected chi connectivity index (χ0v) is 20.0. The number of quaternary nitrogens is 1. The monoisotopic (exact) mass is 478 g/mol. The highest BCUT2D eigenvalue weighted by Gasteiger charge is 2.25. The third kappa shape index (κ3) is 4.36. The van der Waals surface area contributed by atoms with E-state index in [0.29, 0.717) is 10.2 Å². The standard InChI is InChI=1S/C20H24ClN7O3S/c1-11(25(2)3)17-23-24-19(28(17)13-8-6-12(21)7-9-13)32-10-14(29)15-16(22)26(4)20(31)27(5)18(15)30/h6-9,11H,10,22H2,1-5H3/p+1/t11-/m1/s1. The van der Waals surface area contributed by atoms with Gasteiger partial charge in [-0.25, -0.2) is 4.79 Å². The Kier molecular flexibility index (Phi) is 6.91. The van der Waals surface area contributed by atoms with E-state index in [2.05, 4.69) is 10.2 Å². The number of nitrogens with two attached hydrogens (primary N) is 1. The fourth-order valence-electron chi connectivity index (χ4n) is 3.07. The molecule has 3 aromatic rings. The van der Waals surface area contributed by atoms with Gasteiger partial charge in [-0.15, -0.1) is 10.2 Å². The smallest absolute Gasteiger partial charge is 0.332 e. The van der Waals surface area contributed by atoms with Gasteiger partial charge in [0.1, 0.15) is 17.4 Å². The molecule has 2 heterocycles. The van der Waals surface area contributed by atoms with E-state index >= 15 is 0 Å². The molecule has 0 aliphatic carbocycles. The number of benzene rings is 1. The molecule has 0 saturated heterocycles. The van der Waals surface area contributed by atoms with Crippen LogP contribution in [0.25, 0.3) is 5.69 Å². The predicted octanol–water partition coefficient (Wildman–Crippen LogP) is 0.0808. The van der Waals surface area contributed by atoms with Crippen molar-refractivity contribution >= 4 is 35.0 Å². The lowest BCUT2D eigenvalue weighted by atomic mass is 10.2. The van der Waals surface area contributed by atoms with Crippen molar-refractivity contribution in [2.75, 3.05) is 25.6 Å². The van der Waals surface area contributed by atoms with E-state index in [0.717, 1.165) is 37.3 Å². The first-order valence-corrected chi connectivity index (χ1v) is 11.1. The quantitative estimate of drug-likeness (QED) is 0.364. The first-order chi connectivity index (χ1) is 15.0. The Labute approximate surface area is 193 Å². The maximum atomic E-state index is 12.9. The number of hydrogen-bond acceptors (Lipinski definition) is 7. The third-order valence-corrected chi connectivity index (χ3v) is 6.50. The lowest BCUT2D eigenvalue weighted by Gasteiger charge is -2.18. The molecule has 32 heavy (non-hydrogen) atoms. The number of aromatic nitrogens is 5. The van der Waals surface area contributed by atoms with Crippen LogP contribution in [0.1, 0.15) is 29.1 Å². The highest BCUT2D eigenvalue weighted by Crippen LogP contribution is 2.26. The Morgan fingerprint density at radius 3 is 2.38 bits per heavy atom. The Morgan fingerprint density at radius 1 is 1.16 bits per heavy atom. The topological polar surface area (TPSA) is 122 Å². The molecule has 0 fully saturated rings. The molecular formula is C20H25ClN7O3S+. The maximum Gasteiger partial charge on any atom is 0.332 e. The molecule has 0 unspecified atom stereocenters. The maximum absolute atomic E-state index is 12.9. The van der Waals surface area contributed by atoms with Crippen molar-refractivity contribution in [1.82, 2.24) is 23.9 Å². The largest absolute Gasteiger partial charge is 0.384 e. The van der Waals surface area contributed by atoms with Crippen LogP contribution in [-0.4, -0.2) is 49.5 Å². The number of nitrogens with one attached hydrogen (secondary N) is 1. The molecule has 3 rings (SSSR count). The third-order valence-electron chi connectivity index (χ3n) is 5.32. The molecule has 0 radical (unpaired) electrons. The number of Topliss-reactive ketones (excluding diaryl/α,β-unsaturated/α-hetero) is 1. The molecule has 0 amide bonds. The predicted molar refractivity (Wildman–Crippen MR) is 124 cm³/mol. The molecule has 0 saturated carbocycles. The highest BCUT2D eigenvalue weighted by molar-refractivity contribution is 7.99. The molecule has 2 aromatic heterocycles. The van der Waals surface area contributed by atoms with Gasteiger partial charge < -0.3 is 10.6 Å². The van der Waals surface area contributed by atoms with Gasteiger partial charge in [-0.3, -0.25) is 23.3 Å². The van der Waals surface area contributed by atoms with Crippen LogP contribution in [-0.2, 0) is 14.1 Å². The Bertz CT molecular complexity index is 1280. The van der Waals surface area contributed by atoms with E-state index in [1.165, 1.54) is 14.1 Å². The number of rotatable bonds is 7. The first-order valence-electron chi connectivity index (χ1n) is 9.77. The van der Waals surface area contributed by atoms with Crippen molar-refractivity contribution in [3.63, 3.8) is 0 Å². The van der Waals surface area contributed by atoms with Gasteiger partial charge in [-0.2, -0.15) is 0 Å². The molecule has 0 aliphatic rings. The lowest BCUT2D eigenvalue weighted by Crippen LogP contribution is -3.05. The summed E-state index contributed by atoms with van der Waals surface area (Å²) in [5.41, 5.74) is 5.18. The number of hydrogen-bond donors (Lipinski definition) is 2. The van der Waals surface area contributed by atoms with Crippen LogP contribution in [0.3, 0.4) is 0 Å². The minimum Gasteiger partial charge on any atom is -0.384 e. The number of nitrogen functional groups attached to an aromatic ring is 1.